The molecule has 3 aromatic rings. The number of hydrogen-bond donors (Lipinski definition) is 1. The number of carbonyl (C=O) groups is 1. The summed E-state index contributed by atoms with van der Waals surface area (Å²) in [5.74, 6) is 1.16. The van der Waals surface area contributed by atoms with Crippen LogP contribution in [0.25, 0.3) is 5.65 Å². The van der Waals surface area contributed by atoms with Crippen LogP contribution in [0.4, 0.5) is 0 Å². The SMILES string of the molecule is CC(C)(Oc1ccc([C@@H]2CC2(Cl)Cl)cc1)C(=O)NCc1nnc2ccccn12. The number of nitrogens with one attached hydrogen (secondary N) is 1. The summed E-state index contributed by atoms with van der Waals surface area (Å²) in [6.45, 7) is 3.70. The van der Waals surface area contributed by atoms with Gasteiger partial charge in [0.15, 0.2) is 17.1 Å². The Balaban J connectivity index is 1.38. The lowest BCUT2D eigenvalue weighted by molar-refractivity contribution is -0.134. The molecule has 0 saturated heterocycles. The van der Waals surface area contributed by atoms with Gasteiger partial charge in [0.1, 0.15) is 10.1 Å². The van der Waals surface area contributed by atoms with Gasteiger partial charge in [-0.15, -0.1) is 33.4 Å². The summed E-state index contributed by atoms with van der Waals surface area (Å²) >= 11 is 12.2. The minimum absolute atomic E-state index is 0.152. The normalized spacial score (nSPS) is 18.1. The molecule has 0 unspecified atom stereocenters. The van der Waals surface area contributed by atoms with E-state index in [-0.39, 0.29) is 18.4 Å². The van der Waals surface area contributed by atoms with E-state index in [1.807, 2.05) is 53.1 Å². The van der Waals surface area contributed by atoms with Gasteiger partial charge in [-0.2, -0.15) is 0 Å². The van der Waals surface area contributed by atoms with Crippen molar-refractivity contribution in [1.29, 1.82) is 0 Å². The molecule has 146 valence electrons. The molecule has 1 fully saturated rings. The highest BCUT2D eigenvalue weighted by molar-refractivity contribution is 6.51. The smallest absolute Gasteiger partial charge is 0.263 e. The molecule has 4 rings (SSSR count). The number of hydrogen-bond acceptors (Lipinski definition) is 4. The molecular weight excluding hydrogens is 399 g/mol. The van der Waals surface area contributed by atoms with E-state index in [0.717, 1.165) is 17.6 Å². The Bertz CT molecular complexity index is 1010. The van der Waals surface area contributed by atoms with Crippen molar-refractivity contribution in [2.45, 2.75) is 42.7 Å². The van der Waals surface area contributed by atoms with E-state index in [2.05, 4.69) is 15.5 Å². The molecule has 0 radical (unpaired) electrons. The summed E-state index contributed by atoms with van der Waals surface area (Å²) in [6.07, 6.45) is 2.61. The summed E-state index contributed by atoms with van der Waals surface area (Å²) < 4.78 is 7.08. The number of aromatic nitrogens is 3. The third-order valence-corrected chi connectivity index (χ3v) is 5.66. The topological polar surface area (TPSA) is 68.5 Å². The lowest BCUT2D eigenvalue weighted by atomic mass is 10.1. The van der Waals surface area contributed by atoms with E-state index in [4.69, 9.17) is 27.9 Å². The molecule has 8 heteroatoms. The van der Waals surface area contributed by atoms with Gasteiger partial charge in [-0.3, -0.25) is 9.20 Å². The number of ether oxygens (including phenoxy) is 1. The first-order valence-electron chi connectivity index (χ1n) is 9.00. The number of halogens is 2. The summed E-state index contributed by atoms with van der Waals surface area (Å²) in [5.41, 5.74) is 0.749. The van der Waals surface area contributed by atoms with Crippen LogP contribution in [0, 0.1) is 0 Å². The van der Waals surface area contributed by atoms with Crippen molar-refractivity contribution in [2.24, 2.45) is 0 Å². The highest BCUT2D eigenvalue weighted by Gasteiger charge is 2.52. The fourth-order valence-electron chi connectivity index (χ4n) is 3.07. The maximum atomic E-state index is 12.6. The second-order valence-corrected chi connectivity index (χ2v) is 8.97. The fourth-order valence-corrected chi connectivity index (χ4v) is 3.63. The average Bonchev–Trinajstić information content (AvgIpc) is 3.11. The van der Waals surface area contributed by atoms with Crippen molar-refractivity contribution >= 4 is 34.8 Å². The van der Waals surface area contributed by atoms with Gasteiger partial charge in [-0.25, -0.2) is 0 Å². The van der Waals surface area contributed by atoms with E-state index in [1.165, 1.54) is 0 Å². The zero-order valence-electron chi connectivity index (χ0n) is 15.5. The molecule has 0 bridgehead atoms. The lowest BCUT2D eigenvalue weighted by Gasteiger charge is -2.25. The van der Waals surface area contributed by atoms with Gasteiger partial charge < -0.3 is 10.1 Å². The Kier molecular flexibility index (Phi) is 4.71. The molecule has 0 aliphatic heterocycles. The van der Waals surface area contributed by atoms with Crippen molar-refractivity contribution in [3.63, 3.8) is 0 Å². The molecule has 2 heterocycles. The third-order valence-electron chi connectivity index (χ3n) is 4.82. The minimum atomic E-state index is -1.05. The van der Waals surface area contributed by atoms with Crippen molar-refractivity contribution in [3.05, 3.63) is 60.0 Å². The number of rotatable bonds is 6. The first kappa shape index (κ1) is 19.0. The van der Waals surface area contributed by atoms with Gasteiger partial charge in [0, 0.05) is 12.1 Å². The van der Waals surface area contributed by atoms with Crippen LogP contribution in [0.3, 0.4) is 0 Å². The predicted octanol–water partition coefficient (Wildman–Crippen LogP) is 3.86. The number of fused-ring (bicyclic) bond motifs is 1. The van der Waals surface area contributed by atoms with Gasteiger partial charge in [0.05, 0.1) is 6.54 Å². The molecule has 6 nitrogen and oxygen atoms in total. The molecule has 0 spiro atoms. The number of alkyl halides is 2. The van der Waals surface area contributed by atoms with E-state index >= 15 is 0 Å². The number of nitrogens with zero attached hydrogens (tertiary/aromatic N) is 3. The molecule has 1 aliphatic rings. The third kappa shape index (κ3) is 3.80. The lowest BCUT2D eigenvalue weighted by Crippen LogP contribution is -2.46. The van der Waals surface area contributed by atoms with Gasteiger partial charge in [-0.05, 0) is 50.1 Å². The fraction of sp³-hybridized carbons (Fsp3) is 0.350. The van der Waals surface area contributed by atoms with Gasteiger partial charge in [0.25, 0.3) is 5.91 Å². The highest BCUT2D eigenvalue weighted by Crippen LogP contribution is 2.59. The Morgan fingerprint density at radius 2 is 1.96 bits per heavy atom. The summed E-state index contributed by atoms with van der Waals surface area (Å²) in [5, 5.41) is 11.1. The minimum Gasteiger partial charge on any atom is -0.478 e. The molecule has 1 aliphatic carbocycles. The van der Waals surface area contributed by atoms with E-state index in [0.29, 0.717) is 11.6 Å². The van der Waals surface area contributed by atoms with E-state index < -0.39 is 9.93 Å². The highest BCUT2D eigenvalue weighted by atomic mass is 35.5. The van der Waals surface area contributed by atoms with Crippen LogP contribution in [-0.2, 0) is 11.3 Å². The molecule has 1 saturated carbocycles. The molecule has 1 amide bonds. The Labute approximate surface area is 172 Å². The second-order valence-electron chi connectivity index (χ2n) is 7.43. The van der Waals surface area contributed by atoms with Crippen LogP contribution in [0.5, 0.6) is 5.75 Å². The Hall–Kier alpha value is -2.31. The molecule has 1 N–H and O–H groups in total. The van der Waals surface area contributed by atoms with Gasteiger partial charge >= 0.3 is 0 Å². The number of amides is 1. The number of pyridine rings is 1. The van der Waals surface area contributed by atoms with Gasteiger partial charge in [-0.1, -0.05) is 18.2 Å². The van der Waals surface area contributed by atoms with Crippen molar-refractivity contribution in [1.82, 2.24) is 19.9 Å². The maximum Gasteiger partial charge on any atom is 0.263 e. The second kappa shape index (κ2) is 6.94. The molecular formula is C20H20Cl2N4O2. The van der Waals surface area contributed by atoms with Crippen molar-refractivity contribution < 1.29 is 9.53 Å². The zero-order chi connectivity index (χ0) is 19.9. The average molecular weight is 419 g/mol. The Morgan fingerprint density at radius 1 is 1.25 bits per heavy atom. The molecule has 1 atom stereocenters. The van der Waals surface area contributed by atoms with Gasteiger partial charge in [0.2, 0.25) is 0 Å². The molecule has 2 aromatic heterocycles. The monoisotopic (exact) mass is 418 g/mol. The van der Waals surface area contributed by atoms with Crippen molar-refractivity contribution in [3.8, 4) is 5.75 Å². The number of benzene rings is 1. The largest absolute Gasteiger partial charge is 0.478 e. The predicted molar refractivity (Wildman–Crippen MR) is 108 cm³/mol. The standard InChI is InChI=1S/C20H20Cl2N4O2/c1-19(2,28-14-8-6-13(7-9-14)15-11-20(15,21)22)18(27)23-12-17-25-24-16-5-3-4-10-26(16)17/h3-10,15H,11-12H2,1-2H3,(H,23,27)/t15-/m0/s1. The first-order chi connectivity index (χ1) is 13.3. The van der Waals surface area contributed by atoms with Crippen LogP contribution in [0.1, 0.15) is 37.6 Å². The molecule has 28 heavy (non-hydrogen) atoms. The zero-order valence-corrected chi connectivity index (χ0v) is 17.0. The summed E-state index contributed by atoms with van der Waals surface area (Å²) in [6, 6.07) is 13.2. The number of carbonyl (C=O) groups excluding carboxylic acids is 1. The van der Waals surface area contributed by atoms with Crippen LogP contribution >= 0.6 is 23.2 Å². The maximum absolute atomic E-state index is 12.6. The summed E-state index contributed by atoms with van der Waals surface area (Å²) in [4.78, 5) is 12.6. The van der Waals surface area contributed by atoms with Crippen LogP contribution in [0.2, 0.25) is 0 Å². The van der Waals surface area contributed by atoms with Crippen LogP contribution in [-0.4, -0.2) is 30.4 Å². The van der Waals surface area contributed by atoms with Crippen LogP contribution in [0.15, 0.2) is 48.7 Å². The quantitative estimate of drug-likeness (QED) is 0.616. The van der Waals surface area contributed by atoms with E-state index in [9.17, 15) is 4.79 Å². The summed E-state index contributed by atoms with van der Waals surface area (Å²) in [7, 11) is 0. The Morgan fingerprint density at radius 3 is 2.64 bits per heavy atom. The van der Waals surface area contributed by atoms with E-state index in [1.54, 1.807) is 13.8 Å². The van der Waals surface area contributed by atoms with Crippen molar-refractivity contribution in [2.75, 3.05) is 0 Å². The first-order valence-corrected chi connectivity index (χ1v) is 9.76. The van der Waals surface area contributed by atoms with Crippen LogP contribution < -0.4 is 10.1 Å². The molecule has 1 aromatic carbocycles.